The molecule has 0 aromatic heterocycles. The van der Waals surface area contributed by atoms with E-state index in [2.05, 4.69) is 12.2 Å². The number of nitrogens with one attached hydrogen (secondary N) is 1. The SMILES string of the molecule is CCC1CCCCC1(NCC1CC1)C(=O)O. The number of carboxylic acids is 1. The number of carbonyl (C=O) groups is 1. The summed E-state index contributed by atoms with van der Waals surface area (Å²) in [7, 11) is 0. The van der Waals surface area contributed by atoms with Crippen LogP contribution in [0.1, 0.15) is 51.9 Å². The summed E-state index contributed by atoms with van der Waals surface area (Å²) in [6.45, 7) is 3.02. The van der Waals surface area contributed by atoms with Gasteiger partial charge in [0.1, 0.15) is 5.54 Å². The van der Waals surface area contributed by atoms with Crippen molar-refractivity contribution in [2.45, 2.75) is 57.4 Å². The van der Waals surface area contributed by atoms with E-state index in [4.69, 9.17) is 0 Å². The van der Waals surface area contributed by atoms with E-state index in [0.29, 0.717) is 5.92 Å². The van der Waals surface area contributed by atoms with Crippen molar-refractivity contribution in [3.8, 4) is 0 Å². The monoisotopic (exact) mass is 225 g/mol. The van der Waals surface area contributed by atoms with E-state index in [1.165, 1.54) is 19.3 Å². The summed E-state index contributed by atoms with van der Waals surface area (Å²) in [6.07, 6.45) is 7.66. The van der Waals surface area contributed by atoms with Gasteiger partial charge < -0.3 is 10.4 Å². The normalized spacial score (nSPS) is 34.9. The molecule has 0 heterocycles. The first-order valence-corrected chi connectivity index (χ1v) is 6.67. The van der Waals surface area contributed by atoms with Crippen LogP contribution >= 0.6 is 0 Å². The van der Waals surface area contributed by atoms with Crippen LogP contribution in [-0.2, 0) is 4.79 Å². The van der Waals surface area contributed by atoms with E-state index in [9.17, 15) is 9.90 Å². The third kappa shape index (κ3) is 2.24. The quantitative estimate of drug-likeness (QED) is 0.755. The minimum absolute atomic E-state index is 0.317. The summed E-state index contributed by atoms with van der Waals surface area (Å²) >= 11 is 0. The van der Waals surface area contributed by atoms with Gasteiger partial charge in [-0.2, -0.15) is 0 Å². The minimum Gasteiger partial charge on any atom is -0.480 e. The fraction of sp³-hybridized carbons (Fsp3) is 0.923. The number of aliphatic carboxylic acids is 1. The lowest BCUT2D eigenvalue weighted by molar-refractivity contribution is -0.149. The van der Waals surface area contributed by atoms with Crippen molar-refractivity contribution in [1.82, 2.24) is 5.32 Å². The maximum atomic E-state index is 11.6. The Bertz CT molecular complexity index is 263. The first kappa shape index (κ1) is 11.9. The molecule has 0 aromatic carbocycles. The van der Waals surface area contributed by atoms with Gasteiger partial charge in [-0.25, -0.2) is 0 Å². The highest BCUT2D eigenvalue weighted by Crippen LogP contribution is 2.37. The number of carboxylic acid groups (broad SMARTS) is 1. The van der Waals surface area contributed by atoms with Gasteiger partial charge in [-0.15, -0.1) is 0 Å². The predicted molar refractivity (Wildman–Crippen MR) is 63.3 cm³/mol. The highest BCUT2D eigenvalue weighted by molar-refractivity contribution is 5.79. The lowest BCUT2D eigenvalue weighted by Crippen LogP contribution is -2.59. The molecule has 2 N–H and O–H groups in total. The third-order valence-corrected chi connectivity index (χ3v) is 4.35. The second-order valence-corrected chi connectivity index (χ2v) is 5.45. The van der Waals surface area contributed by atoms with Gasteiger partial charge in [0, 0.05) is 0 Å². The van der Waals surface area contributed by atoms with Crippen LogP contribution in [0, 0.1) is 11.8 Å². The van der Waals surface area contributed by atoms with Crippen LogP contribution in [0.2, 0.25) is 0 Å². The van der Waals surface area contributed by atoms with E-state index in [-0.39, 0.29) is 0 Å². The van der Waals surface area contributed by atoms with E-state index >= 15 is 0 Å². The second kappa shape index (κ2) is 4.74. The molecule has 2 aliphatic carbocycles. The molecular formula is C13H23NO2. The Hall–Kier alpha value is -0.570. The average Bonchev–Trinajstić information content (AvgIpc) is 3.10. The summed E-state index contributed by atoms with van der Waals surface area (Å²) in [5, 5.41) is 13.0. The first-order valence-electron chi connectivity index (χ1n) is 6.67. The van der Waals surface area contributed by atoms with Gasteiger partial charge in [0.15, 0.2) is 0 Å². The van der Waals surface area contributed by atoms with Crippen molar-refractivity contribution >= 4 is 5.97 Å². The molecule has 0 bridgehead atoms. The van der Waals surface area contributed by atoms with Crippen LogP contribution in [-0.4, -0.2) is 23.2 Å². The van der Waals surface area contributed by atoms with E-state index in [0.717, 1.165) is 38.1 Å². The van der Waals surface area contributed by atoms with Gasteiger partial charge in [-0.05, 0) is 44.1 Å². The highest BCUT2D eigenvalue weighted by atomic mass is 16.4. The molecular weight excluding hydrogens is 202 g/mol. The molecule has 0 aromatic rings. The van der Waals surface area contributed by atoms with Gasteiger partial charge in [0.2, 0.25) is 0 Å². The lowest BCUT2D eigenvalue weighted by Gasteiger charge is -2.41. The number of hydrogen-bond acceptors (Lipinski definition) is 2. The van der Waals surface area contributed by atoms with Crippen LogP contribution in [0.25, 0.3) is 0 Å². The zero-order valence-electron chi connectivity index (χ0n) is 10.2. The van der Waals surface area contributed by atoms with Crippen molar-refractivity contribution in [3.63, 3.8) is 0 Å². The molecule has 2 aliphatic rings. The third-order valence-electron chi connectivity index (χ3n) is 4.35. The van der Waals surface area contributed by atoms with Crippen LogP contribution in [0.15, 0.2) is 0 Å². The van der Waals surface area contributed by atoms with E-state index in [1.54, 1.807) is 0 Å². The van der Waals surface area contributed by atoms with Crippen molar-refractivity contribution in [3.05, 3.63) is 0 Å². The standard InChI is InChI=1S/C13H23NO2/c1-2-11-5-3-4-8-13(11,12(15)16)14-9-10-6-7-10/h10-11,14H,2-9H2,1H3,(H,15,16). The van der Waals surface area contributed by atoms with Crippen LogP contribution in [0.3, 0.4) is 0 Å². The summed E-state index contributed by atoms with van der Waals surface area (Å²) in [6, 6.07) is 0. The molecule has 16 heavy (non-hydrogen) atoms. The minimum atomic E-state index is -0.625. The van der Waals surface area contributed by atoms with Crippen molar-refractivity contribution < 1.29 is 9.90 Å². The molecule has 2 atom stereocenters. The highest BCUT2D eigenvalue weighted by Gasteiger charge is 2.46. The maximum absolute atomic E-state index is 11.6. The van der Waals surface area contributed by atoms with E-state index in [1.807, 2.05) is 0 Å². The Morgan fingerprint density at radius 1 is 1.38 bits per heavy atom. The molecule has 2 rings (SSSR count). The number of rotatable bonds is 5. The largest absolute Gasteiger partial charge is 0.480 e. The zero-order chi connectivity index (χ0) is 11.6. The topological polar surface area (TPSA) is 49.3 Å². The second-order valence-electron chi connectivity index (χ2n) is 5.45. The Morgan fingerprint density at radius 3 is 2.69 bits per heavy atom. The van der Waals surface area contributed by atoms with Gasteiger partial charge >= 0.3 is 5.97 Å². The molecule has 0 saturated heterocycles. The summed E-state index contributed by atoms with van der Waals surface area (Å²) in [5.41, 5.74) is -0.615. The summed E-state index contributed by atoms with van der Waals surface area (Å²) < 4.78 is 0. The predicted octanol–water partition coefficient (Wildman–Crippen LogP) is 2.41. The number of hydrogen-bond donors (Lipinski definition) is 2. The molecule has 0 radical (unpaired) electrons. The fourth-order valence-corrected chi connectivity index (χ4v) is 3.04. The molecule has 2 saturated carbocycles. The smallest absolute Gasteiger partial charge is 0.324 e. The van der Waals surface area contributed by atoms with Crippen LogP contribution in [0.4, 0.5) is 0 Å². The molecule has 3 nitrogen and oxygen atoms in total. The molecule has 92 valence electrons. The lowest BCUT2D eigenvalue weighted by atomic mass is 9.71. The molecule has 2 unspecified atom stereocenters. The maximum Gasteiger partial charge on any atom is 0.324 e. The van der Waals surface area contributed by atoms with Gasteiger partial charge in [-0.1, -0.05) is 26.2 Å². The summed E-state index contributed by atoms with van der Waals surface area (Å²) in [4.78, 5) is 11.6. The fourth-order valence-electron chi connectivity index (χ4n) is 3.04. The molecule has 3 heteroatoms. The molecule has 0 aliphatic heterocycles. The van der Waals surface area contributed by atoms with Gasteiger partial charge in [0.25, 0.3) is 0 Å². The Kier molecular flexibility index (Phi) is 3.53. The summed E-state index contributed by atoms with van der Waals surface area (Å²) in [5.74, 6) is 0.438. The van der Waals surface area contributed by atoms with E-state index < -0.39 is 11.5 Å². The van der Waals surface area contributed by atoms with Gasteiger partial charge in [-0.3, -0.25) is 4.79 Å². The Balaban J connectivity index is 2.06. The molecule has 2 fully saturated rings. The van der Waals surface area contributed by atoms with Crippen LogP contribution < -0.4 is 5.32 Å². The van der Waals surface area contributed by atoms with Crippen molar-refractivity contribution in [1.29, 1.82) is 0 Å². The molecule has 0 spiro atoms. The Morgan fingerprint density at radius 2 is 2.12 bits per heavy atom. The average molecular weight is 225 g/mol. The first-order chi connectivity index (χ1) is 7.69. The molecule has 0 amide bonds. The van der Waals surface area contributed by atoms with Crippen molar-refractivity contribution in [2.75, 3.05) is 6.54 Å². The van der Waals surface area contributed by atoms with Crippen molar-refractivity contribution in [2.24, 2.45) is 11.8 Å². The Labute approximate surface area is 97.6 Å². The van der Waals surface area contributed by atoms with Crippen LogP contribution in [0.5, 0.6) is 0 Å². The van der Waals surface area contributed by atoms with Gasteiger partial charge in [0.05, 0.1) is 0 Å². The zero-order valence-corrected chi connectivity index (χ0v) is 10.2.